The van der Waals surface area contributed by atoms with Crippen LogP contribution in [0.1, 0.15) is 98.0 Å². The van der Waals surface area contributed by atoms with Gasteiger partial charge in [0.05, 0.1) is 54.6 Å². The lowest BCUT2D eigenvalue weighted by Gasteiger charge is -2.36. The number of likely N-dealkylation sites (tertiary alicyclic amines) is 1. The minimum absolute atomic E-state index is 0.0101. The summed E-state index contributed by atoms with van der Waals surface area (Å²) in [6.07, 6.45) is 12.6. The maximum absolute atomic E-state index is 14.3. The number of ether oxygens (including phenoxy) is 1. The highest BCUT2D eigenvalue weighted by atomic mass is 19.3. The SMILES string of the molecule is Cc1nn([C@@H]2CC[C@@H](O)N[C@@H]2O)c2cccc(-c3cnn(CCC4CCN(CC5CCC(n6cc(NC(=O)c7cnn8ccc(N9CCOCC9)nc78)c(C(F)F)n6)CC5)CC4)c3)c12. The van der Waals surface area contributed by atoms with Gasteiger partial charge in [-0.15, -0.1) is 0 Å². The summed E-state index contributed by atoms with van der Waals surface area (Å²) in [5.74, 6) is 1.32. The van der Waals surface area contributed by atoms with Crippen LogP contribution in [0.2, 0.25) is 0 Å². The molecular formula is C45H57F2N13O4. The number of hydrogen-bond donors (Lipinski definition) is 4. The first-order valence-corrected chi connectivity index (χ1v) is 22.9. The maximum Gasteiger partial charge on any atom is 0.284 e. The zero-order chi connectivity index (χ0) is 43.9. The Bertz CT molecular complexity index is 2570. The van der Waals surface area contributed by atoms with Gasteiger partial charge in [-0.2, -0.15) is 20.4 Å². The monoisotopic (exact) mass is 881 g/mol. The smallest absolute Gasteiger partial charge is 0.284 e. The molecule has 3 atom stereocenters. The molecule has 64 heavy (non-hydrogen) atoms. The van der Waals surface area contributed by atoms with Gasteiger partial charge in [0.2, 0.25) is 0 Å². The largest absolute Gasteiger partial charge is 0.379 e. The molecule has 4 fully saturated rings. The number of anilines is 2. The van der Waals surface area contributed by atoms with Crippen LogP contribution in [0, 0.1) is 18.8 Å². The van der Waals surface area contributed by atoms with Gasteiger partial charge < -0.3 is 30.1 Å². The van der Waals surface area contributed by atoms with Gasteiger partial charge in [0.15, 0.2) is 11.3 Å². The number of aliphatic hydroxyl groups is 2. The summed E-state index contributed by atoms with van der Waals surface area (Å²) >= 11 is 0. The van der Waals surface area contributed by atoms with Crippen LogP contribution < -0.4 is 15.5 Å². The van der Waals surface area contributed by atoms with Gasteiger partial charge >= 0.3 is 0 Å². The van der Waals surface area contributed by atoms with Gasteiger partial charge in [-0.05, 0) is 107 Å². The molecule has 6 aromatic rings. The van der Waals surface area contributed by atoms with Crippen LogP contribution >= 0.6 is 0 Å². The molecule has 19 heteroatoms. The lowest BCUT2D eigenvalue weighted by atomic mass is 9.85. The number of benzene rings is 1. The normalized spacial score (nSPS) is 24.0. The fraction of sp³-hybridized carbons (Fsp3) is 0.556. The van der Waals surface area contributed by atoms with Crippen molar-refractivity contribution in [1.29, 1.82) is 0 Å². The summed E-state index contributed by atoms with van der Waals surface area (Å²) in [4.78, 5) is 22.9. The quantitative estimate of drug-likeness (QED) is 0.120. The number of piperidine rings is 2. The molecule has 3 aliphatic heterocycles. The van der Waals surface area contributed by atoms with Crippen LogP contribution in [0.4, 0.5) is 20.3 Å². The molecule has 0 spiro atoms. The number of rotatable bonds is 12. The van der Waals surface area contributed by atoms with Crippen LogP contribution in [0.3, 0.4) is 0 Å². The highest BCUT2D eigenvalue weighted by Crippen LogP contribution is 2.37. The van der Waals surface area contributed by atoms with Gasteiger partial charge in [-0.25, -0.2) is 18.3 Å². The number of nitrogens with zero attached hydrogens (tertiary/aromatic N) is 11. The Kier molecular flexibility index (Phi) is 12.2. The lowest BCUT2D eigenvalue weighted by molar-refractivity contribution is -0.0297. The van der Waals surface area contributed by atoms with E-state index in [4.69, 9.17) is 14.9 Å². The molecule has 0 unspecified atom stereocenters. The molecule has 1 saturated carbocycles. The summed E-state index contributed by atoms with van der Waals surface area (Å²) in [5, 5.41) is 45.4. The molecular weight excluding hydrogens is 825 g/mol. The number of fused-ring (bicyclic) bond motifs is 2. The number of carbonyl (C=O) groups is 1. The third-order valence-corrected chi connectivity index (χ3v) is 14.0. The first-order chi connectivity index (χ1) is 31.1. The first-order valence-electron chi connectivity index (χ1n) is 22.9. The molecule has 4 N–H and O–H groups in total. The third kappa shape index (κ3) is 8.75. The van der Waals surface area contributed by atoms with Crippen LogP contribution in [-0.4, -0.2) is 123 Å². The van der Waals surface area contributed by atoms with Crippen molar-refractivity contribution in [3.8, 4) is 11.1 Å². The minimum Gasteiger partial charge on any atom is -0.379 e. The second-order valence-electron chi connectivity index (χ2n) is 18.1. The van der Waals surface area contributed by atoms with Crippen molar-refractivity contribution < 1.29 is 28.5 Å². The number of aromatic nitrogens is 9. The van der Waals surface area contributed by atoms with Gasteiger partial charge in [0, 0.05) is 55.7 Å². The summed E-state index contributed by atoms with van der Waals surface area (Å²) in [7, 11) is 0. The molecule has 1 aromatic carbocycles. The molecule has 1 aliphatic carbocycles. The lowest BCUT2D eigenvalue weighted by Crippen LogP contribution is -2.48. The van der Waals surface area contributed by atoms with Crippen molar-refractivity contribution in [1.82, 2.24) is 54.2 Å². The number of aryl methyl sites for hydroxylation is 2. The molecule has 340 valence electrons. The molecule has 17 nitrogen and oxygen atoms in total. The Labute approximate surface area is 369 Å². The molecule has 4 aliphatic rings. The fourth-order valence-corrected chi connectivity index (χ4v) is 10.4. The average molecular weight is 882 g/mol. The van der Waals surface area contributed by atoms with E-state index in [1.165, 1.54) is 10.7 Å². The first kappa shape index (κ1) is 42.6. The Hall–Kier alpha value is -5.34. The van der Waals surface area contributed by atoms with Crippen molar-refractivity contribution in [3.05, 3.63) is 72.2 Å². The summed E-state index contributed by atoms with van der Waals surface area (Å²) < 4.78 is 41.1. The number of aliphatic hydroxyl groups excluding tert-OH is 2. The number of morpholine rings is 1. The number of nitrogens with one attached hydrogen (secondary N) is 2. The Morgan fingerprint density at radius 2 is 1.75 bits per heavy atom. The molecule has 10 rings (SSSR count). The zero-order valence-electron chi connectivity index (χ0n) is 36.1. The number of alkyl halides is 2. The predicted molar refractivity (Wildman–Crippen MR) is 235 cm³/mol. The van der Waals surface area contributed by atoms with Crippen LogP contribution in [-0.2, 0) is 11.3 Å². The van der Waals surface area contributed by atoms with E-state index in [1.807, 2.05) is 36.0 Å². The molecule has 1 amide bonds. The van der Waals surface area contributed by atoms with Gasteiger partial charge in [0.1, 0.15) is 23.8 Å². The Balaban J connectivity index is 0.696. The highest BCUT2D eigenvalue weighted by Gasteiger charge is 2.32. The summed E-state index contributed by atoms with van der Waals surface area (Å²) in [6.45, 7) is 8.60. The van der Waals surface area contributed by atoms with Gasteiger partial charge in [-0.1, -0.05) is 12.1 Å². The zero-order valence-corrected chi connectivity index (χ0v) is 36.1. The summed E-state index contributed by atoms with van der Waals surface area (Å²) in [5.41, 5.74) is 4.10. The number of hydrogen-bond acceptors (Lipinski definition) is 12. The van der Waals surface area contributed by atoms with E-state index >= 15 is 0 Å². The molecule has 0 radical (unpaired) electrons. The molecule has 5 aromatic heterocycles. The van der Waals surface area contributed by atoms with Crippen LogP contribution in [0.25, 0.3) is 27.7 Å². The number of carbonyl (C=O) groups excluding carboxylic acids is 1. The standard InChI is InChI=1S/C45H57F2N13O4/c1-28-40-33(3-2-4-36(40)60(53-28)37-9-10-39(61)52-45(37)63)31-23-48-57(26-31)17-13-29-11-15-55(16-12-29)25-30-5-7-32(8-6-30)59-27-35(41(54-59)42(46)47)50-44(62)34-24-49-58-18-14-38(51-43(34)58)56-19-21-64-22-20-56/h2-4,14,18,23-24,26-27,29-30,32,37,39,42,45,52,61,63H,5-13,15-17,19-22,25H2,1H3,(H,50,62)/t30?,32?,37-,39-,45-/m1/s1. The second-order valence-corrected chi connectivity index (χ2v) is 18.1. The summed E-state index contributed by atoms with van der Waals surface area (Å²) in [6, 6.07) is 7.73. The minimum atomic E-state index is -2.84. The maximum atomic E-state index is 14.3. The third-order valence-electron chi connectivity index (χ3n) is 14.0. The van der Waals surface area contributed by atoms with Crippen LogP contribution in [0.15, 0.2) is 55.2 Å². The van der Waals surface area contributed by atoms with E-state index in [1.54, 1.807) is 17.1 Å². The average Bonchev–Trinajstić information content (AvgIpc) is 4.12. The van der Waals surface area contributed by atoms with E-state index in [2.05, 4.69) is 52.6 Å². The molecule has 0 bridgehead atoms. The van der Waals surface area contributed by atoms with Crippen molar-refractivity contribution >= 4 is 34.0 Å². The van der Waals surface area contributed by atoms with Gasteiger partial charge in [0.25, 0.3) is 12.3 Å². The highest BCUT2D eigenvalue weighted by molar-refractivity contribution is 6.08. The van der Waals surface area contributed by atoms with E-state index in [0.717, 1.165) is 98.8 Å². The number of amides is 1. The van der Waals surface area contributed by atoms with E-state index in [-0.39, 0.29) is 23.3 Å². The second kappa shape index (κ2) is 18.3. The fourth-order valence-electron chi connectivity index (χ4n) is 10.4. The van der Waals surface area contributed by atoms with Crippen molar-refractivity contribution in [2.75, 3.05) is 56.2 Å². The molecule has 8 heterocycles. The molecule has 3 saturated heterocycles. The van der Waals surface area contributed by atoms with E-state index < -0.39 is 30.5 Å². The Morgan fingerprint density at radius 3 is 2.53 bits per heavy atom. The van der Waals surface area contributed by atoms with E-state index in [0.29, 0.717) is 62.4 Å². The van der Waals surface area contributed by atoms with Crippen molar-refractivity contribution in [3.63, 3.8) is 0 Å². The van der Waals surface area contributed by atoms with Gasteiger partial charge in [-0.3, -0.25) is 24.2 Å². The van der Waals surface area contributed by atoms with Crippen molar-refractivity contribution in [2.24, 2.45) is 11.8 Å². The van der Waals surface area contributed by atoms with E-state index in [9.17, 15) is 23.8 Å². The Morgan fingerprint density at radius 1 is 0.938 bits per heavy atom. The topological polar surface area (TPSA) is 181 Å². The number of halogens is 2. The van der Waals surface area contributed by atoms with Crippen LogP contribution in [0.5, 0.6) is 0 Å². The predicted octanol–water partition coefficient (Wildman–Crippen LogP) is 5.57. The van der Waals surface area contributed by atoms with Crippen molar-refractivity contribution in [2.45, 2.75) is 102 Å².